The zero-order valence-corrected chi connectivity index (χ0v) is 16.2. The van der Waals surface area contributed by atoms with E-state index in [0.29, 0.717) is 28.1 Å². The highest BCUT2D eigenvalue weighted by Gasteiger charge is 2.55. The summed E-state index contributed by atoms with van der Waals surface area (Å²) in [6, 6.07) is -0.130. The van der Waals surface area contributed by atoms with Crippen LogP contribution in [-0.4, -0.2) is 48.4 Å². The monoisotopic (exact) mass is 382 g/mol. The van der Waals surface area contributed by atoms with Crippen LogP contribution in [0.2, 0.25) is 0 Å². The number of fused-ring (bicyclic) bond motifs is 1. The van der Waals surface area contributed by atoms with Crippen molar-refractivity contribution >= 4 is 33.3 Å². The van der Waals surface area contributed by atoms with E-state index in [-0.39, 0.29) is 6.04 Å². The molecule has 2 heterocycles. The Kier molecular flexibility index (Phi) is 4.80. The van der Waals surface area contributed by atoms with Gasteiger partial charge in [0.2, 0.25) is 4.75 Å². The number of hydrazone groups is 1. The first-order valence-electron chi connectivity index (χ1n) is 7.87. The molecule has 0 spiro atoms. The fourth-order valence-electron chi connectivity index (χ4n) is 2.96. The van der Waals surface area contributed by atoms with Crippen LogP contribution in [0.15, 0.2) is 45.9 Å². The van der Waals surface area contributed by atoms with E-state index in [0.717, 1.165) is 0 Å². The van der Waals surface area contributed by atoms with Crippen molar-refractivity contribution < 1.29 is 14.4 Å². The molecule has 0 bridgehead atoms. The summed E-state index contributed by atoms with van der Waals surface area (Å²) in [6.45, 7) is 5.28. The van der Waals surface area contributed by atoms with Crippen molar-refractivity contribution in [3.05, 3.63) is 35.8 Å². The Morgan fingerprint density at radius 3 is 2.88 bits per heavy atom. The van der Waals surface area contributed by atoms with Crippen molar-refractivity contribution in [3.8, 4) is 0 Å². The van der Waals surface area contributed by atoms with E-state index in [1.165, 1.54) is 11.8 Å². The third-order valence-electron chi connectivity index (χ3n) is 4.19. The molecule has 0 saturated carbocycles. The molecule has 9 heteroatoms. The van der Waals surface area contributed by atoms with Crippen molar-refractivity contribution in [3.63, 3.8) is 0 Å². The van der Waals surface area contributed by atoms with Gasteiger partial charge in [-0.1, -0.05) is 12.2 Å². The molecule has 0 saturated heterocycles. The van der Waals surface area contributed by atoms with Gasteiger partial charge in [-0.15, -0.1) is 0 Å². The number of amidine groups is 1. The van der Waals surface area contributed by atoms with Gasteiger partial charge in [0.05, 0.1) is 24.5 Å². The van der Waals surface area contributed by atoms with E-state index >= 15 is 0 Å². The summed E-state index contributed by atoms with van der Waals surface area (Å²) in [6.07, 6.45) is 7.87. The Hall–Kier alpha value is -1.26. The van der Waals surface area contributed by atoms with Crippen LogP contribution in [0, 0.1) is 0 Å². The van der Waals surface area contributed by atoms with Crippen LogP contribution in [0.25, 0.3) is 0 Å². The fourth-order valence-corrected chi connectivity index (χ4v) is 4.92. The lowest BCUT2D eigenvalue weighted by molar-refractivity contribution is 0.156. The Bertz CT molecular complexity index is 721. The van der Waals surface area contributed by atoms with Gasteiger partial charge in [-0.3, -0.25) is 4.99 Å². The molecule has 2 aliphatic heterocycles. The number of allylic oxidation sites excluding steroid dienone is 3. The number of aliphatic hydroxyl groups is 1. The van der Waals surface area contributed by atoms with Gasteiger partial charge in [0.15, 0.2) is 10.9 Å². The highest BCUT2D eigenvalue weighted by molar-refractivity contribution is 8.27. The Labute approximate surface area is 154 Å². The predicted octanol–water partition coefficient (Wildman–Crippen LogP) is 1.61. The lowest BCUT2D eigenvalue weighted by Crippen LogP contribution is -2.52. The molecule has 0 aromatic heterocycles. The van der Waals surface area contributed by atoms with Gasteiger partial charge < -0.3 is 14.4 Å². The third-order valence-corrected chi connectivity index (χ3v) is 6.69. The topological polar surface area (TPSA) is 106 Å². The summed E-state index contributed by atoms with van der Waals surface area (Å²) >= 11 is -0.436. The second kappa shape index (κ2) is 6.48. The maximum Gasteiger partial charge on any atom is 0.245 e. The van der Waals surface area contributed by atoms with Crippen LogP contribution in [0.1, 0.15) is 27.2 Å². The minimum atomic E-state index is -1.75. The van der Waals surface area contributed by atoms with Gasteiger partial charge in [0, 0.05) is 6.42 Å². The molecule has 0 aromatic rings. The van der Waals surface area contributed by atoms with Crippen LogP contribution in [0.4, 0.5) is 0 Å². The number of thioether (sulfide) groups is 1. The van der Waals surface area contributed by atoms with Crippen molar-refractivity contribution in [2.75, 3.05) is 7.11 Å². The molecule has 7 nitrogen and oxygen atoms in total. The van der Waals surface area contributed by atoms with E-state index in [4.69, 9.17) is 9.88 Å². The van der Waals surface area contributed by atoms with E-state index < -0.39 is 21.7 Å². The smallest absolute Gasteiger partial charge is 0.245 e. The van der Waals surface area contributed by atoms with E-state index in [2.05, 4.69) is 10.1 Å². The average Bonchev–Trinajstić information content (AvgIpc) is 2.97. The predicted molar refractivity (Wildman–Crippen MR) is 102 cm³/mol. The highest BCUT2D eigenvalue weighted by Crippen LogP contribution is 2.45. The quantitative estimate of drug-likeness (QED) is 0.716. The summed E-state index contributed by atoms with van der Waals surface area (Å²) in [4.78, 5) is 4.58. The van der Waals surface area contributed by atoms with E-state index in [9.17, 15) is 9.66 Å². The summed E-state index contributed by atoms with van der Waals surface area (Å²) in [5, 5.41) is 23.6. The first kappa shape index (κ1) is 18.5. The summed E-state index contributed by atoms with van der Waals surface area (Å²) in [7, 11) is 1.54. The maximum atomic E-state index is 12.7. The van der Waals surface area contributed by atoms with Gasteiger partial charge in [0.1, 0.15) is 16.3 Å². The second-order valence-corrected chi connectivity index (χ2v) is 8.82. The average molecular weight is 383 g/mol. The fraction of sp³-hybridized carbons (Fsp3) is 0.500. The van der Waals surface area contributed by atoms with Crippen LogP contribution >= 0.6 is 11.8 Å². The van der Waals surface area contributed by atoms with Gasteiger partial charge in [-0.05, 0) is 44.7 Å². The molecule has 3 rings (SSSR count). The Balaban J connectivity index is 2.12. The molecule has 3 atom stereocenters. The minimum Gasteiger partial charge on any atom is -0.597 e. The minimum absolute atomic E-state index is 0.130. The number of ether oxygens (including phenoxy) is 1. The number of aliphatic imine (C=N–C) groups is 1. The number of hydrogen-bond donors (Lipinski definition) is 2. The van der Waals surface area contributed by atoms with Gasteiger partial charge >= 0.3 is 0 Å². The summed E-state index contributed by atoms with van der Waals surface area (Å²) < 4.78 is 17.2. The van der Waals surface area contributed by atoms with Crippen molar-refractivity contribution in [1.29, 1.82) is 0 Å². The van der Waals surface area contributed by atoms with Gasteiger partial charge in [-0.25, -0.2) is 5.01 Å². The first-order chi connectivity index (χ1) is 11.7. The van der Waals surface area contributed by atoms with Crippen LogP contribution in [0.3, 0.4) is 0 Å². The summed E-state index contributed by atoms with van der Waals surface area (Å²) in [5.74, 6) is 0.521. The zero-order chi connectivity index (χ0) is 18.4. The highest BCUT2D eigenvalue weighted by atomic mass is 32.2. The van der Waals surface area contributed by atoms with Crippen molar-refractivity contribution in [1.82, 2.24) is 5.01 Å². The molecule has 1 aliphatic carbocycles. The lowest BCUT2D eigenvalue weighted by atomic mass is 9.91. The standard InChI is InChI=1S/C16H22N4O3S2/c1-10-9-11(16(25(17)22)8-6-5-7-12(16)23-4)20-14(18-10)24-13(19-20)15(2,3)21/h5-7,9-10,21H,8,17H2,1-4H3. The number of rotatable bonds is 4. The Morgan fingerprint density at radius 2 is 2.28 bits per heavy atom. The number of nitrogens with zero attached hydrogens (tertiary/aromatic N) is 3. The molecule has 0 aromatic carbocycles. The normalized spacial score (nSPS) is 30.2. The van der Waals surface area contributed by atoms with Crippen molar-refractivity contribution in [2.24, 2.45) is 15.2 Å². The first-order valence-corrected chi connectivity index (χ1v) is 9.90. The lowest BCUT2D eigenvalue weighted by Gasteiger charge is -2.39. The molecule has 3 unspecified atom stereocenters. The SMILES string of the molecule is COC1=CC=CCC1(C1=CC(C)N=C2SC(C(C)(C)O)=NN12)[S+](N)[O-]. The maximum absolute atomic E-state index is 12.7. The molecule has 3 N–H and O–H groups in total. The molecule has 0 fully saturated rings. The van der Waals surface area contributed by atoms with Crippen LogP contribution in [0.5, 0.6) is 0 Å². The van der Waals surface area contributed by atoms with Gasteiger partial charge in [0.25, 0.3) is 0 Å². The molecule has 0 radical (unpaired) electrons. The van der Waals surface area contributed by atoms with Crippen LogP contribution in [-0.2, 0) is 16.1 Å². The molecular formula is C16H22N4O3S2. The summed E-state index contributed by atoms with van der Waals surface area (Å²) in [5.41, 5.74) is -0.435. The number of methoxy groups -OCH3 is 1. The number of nitrogens with two attached hydrogens (primary N) is 1. The molecule has 136 valence electrons. The third kappa shape index (κ3) is 3.04. The van der Waals surface area contributed by atoms with Gasteiger partial charge in [-0.2, -0.15) is 10.2 Å². The number of hydrogen-bond acceptors (Lipinski definition) is 8. The van der Waals surface area contributed by atoms with Crippen molar-refractivity contribution in [2.45, 2.75) is 43.6 Å². The second-order valence-electron chi connectivity index (χ2n) is 6.57. The Morgan fingerprint density at radius 1 is 1.56 bits per heavy atom. The molecular weight excluding hydrogens is 360 g/mol. The molecule has 0 amide bonds. The zero-order valence-electron chi connectivity index (χ0n) is 14.6. The molecule has 3 aliphatic rings. The molecule has 25 heavy (non-hydrogen) atoms. The van der Waals surface area contributed by atoms with E-state index in [1.807, 2.05) is 25.2 Å². The van der Waals surface area contributed by atoms with Crippen LogP contribution < -0.4 is 5.14 Å². The van der Waals surface area contributed by atoms with E-state index in [1.54, 1.807) is 32.0 Å². The largest absolute Gasteiger partial charge is 0.597 e.